The minimum absolute atomic E-state index is 0.529. The molecule has 0 aliphatic carbocycles. The van der Waals surface area contributed by atoms with E-state index in [-0.39, 0.29) is 0 Å². The van der Waals surface area contributed by atoms with Crippen LogP contribution in [0.3, 0.4) is 0 Å². The summed E-state index contributed by atoms with van der Waals surface area (Å²) in [6.07, 6.45) is 1.92. The molecule has 0 amide bonds. The second kappa shape index (κ2) is 2.45. The van der Waals surface area contributed by atoms with Gasteiger partial charge in [-0.3, -0.25) is 4.68 Å². The maximum Gasteiger partial charge on any atom is 0.182 e. The lowest BCUT2D eigenvalue weighted by atomic mass is 10.3. The maximum absolute atomic E-state index is 5.84. The van der Waals surface area contributed by atoms with E-state index in [2.05, 4.69) is 10.1 Å². The minimum atomic E-state index is 0.529. The third kappa shape index (κ3) is 1.06. The van der Waals surface area contributed by atoms with Gasteiger partial charge < -0.3 is 0 Å². The van der Waals surface area contributed by atoms with Gasteiger partial charge in [0.15, 0.2) is 5.65 Å². The van der Waals surface area contributed by atoms with E-state index in [4.69, 9.17) is 11.6 Å². The van der Waals surface area contributed by atoms with E-state index < -0.39 is 0 Å². The molecule has 0 bridgehead atoms. The number of hydrogen-bond donors (Lipinski definition) is 0. The summed E-state index contributed by atoms with van der Waals surface area (Å²) in [7, 11) is 1.87. The van der Waals surface area contributed by atoms with Gasteiger partial charge in [0.05, 0.1) is 0 Å². The van der Waals surface area contributed by atoms with Gasteiger partial charge in [-0.1, -0.05) is 11.6 Å². The van der Waals surface area contributed by atoms with Gasteiger partial charge in [0.1, 0.15) is 5.15 Å². The van der Waals surface area contributed by atoms with Crippen LogP contribution in [0.1, 0.15) is 5.56 Å². The number of nitrogens with zero attached hydrogens (tertiary/aromatic N) is 3. The van der Waals surface area contributed by atoms with E-state index in [1.54, 1.807) is 4.68 Å². The summed E-state index contributed by atoms with van der Waals surface area (Å²) in [5, 5.41) is 5.69. The molecule has 2 aromatic rings. The van der Waals surface area contributed by atoms with Gasteiger partial charge in [-0.05, 0) is 18.6 Å². The summed E-state index contributed by atoms with van der Waals surface area (Å²) in [5.74, 6) is 0. The van der Waals surface area contributed by atoms with Gasteiger partial charge >= 0.3 is 0 Å². The number of aromatic nitrogens is 3. The van der Waals surface area contributed by atoms with Crippen molar-refractivity contribution in [3.05, 3.63) is 23.0 Å². The standard InChI is InChI=1S/C8H8ClN3/c1-5-3-6-4-12(2)11-8(6)10-7(5)9/h3-4H,1-2H3. The molecule has 0 spiro atoms. The molecule has 4 heteroatoms. The molecule has 0 radical (unpaired) electrons. The minimum Gasteiger partial charge on any atom is -0.273 e. The topological polar surface area (TPSA) is 30.7 Å². The summed E-state index contributed by atoms with van der Waals surface area (Å²) in [4.78, 5) is 4.13. The molecule has 2 aromatic heterocycles. The van der Waals surface area contributed by atoms with Gasteiger partial charge in [0, 0.05) is 18.6 Å². The molecule has 2 heterocycles. The number of aryl methyl sites for hydroxylation is 2. The summed E-state index contributed by atoms with van der Waals surface area (Å²) in [6, 6.07) is 1.98. The van der Waals surface area contributed by atoms with Crippen LogP contribution >= 0.6 is 11.6 Å². The van der Waals surface area contributed by atoms with Crippen LogP contribution in [0.4, 0.5) is 0 Å². The van der Waals surface area contributed by atoms with Crippen LogP contribution in [-0.4, -0.2) is 14.8 Å². The average Bonchev–Trinajstić information content (AvgIpc) is 2.30. The fourth-order valence-electron chi connectivity index (χ4n) is 1.16. The Balaban J connectivity index is 2.83. The van der Waals surface area contributed by atoms with Crippen molar-refractivity contribution in [3.63, 3.8) is 0 Å². The van der Waals surface area contributed by atoms with Gasteiger partial charge in [-0.2, -0.15) is 5.10 Å². The predicted molar refractivity (Wildman–Crippen MR) is 48.3 cm³/mol. The summed E-state index contributed by atoms with van der Waals surface area (Å²) < 4.78 is 1.73. The second-order valence-corrected chi connectivity index (χ2v) is 3.17. The number of rotatable bonds is 0. The molecule has 0 aliphatic rings. The van der Waals surface area contributed by atoms with Crippen molar-refractivity contribution in [1.29, 1.82) is 0 Å². The van der Waals surface area contributed by atoms with E-state index >= 15 is 0 Å². The van der Waals surface area contributed by atoms with E-state index in [1.807, 2.05) is 26.2 Å². The normalized spacial score (nSPS) is 10.9. The van der Waals surface area contributed by atoms with Crippen LogP contribution in [0.25, 0.3) is 11.0 Å². The SMILES string of the molecule is Cc1cc2cn(C)nc2nc1Cl. The zero-order valence-corrected chi connectivity index (χ0v) is 7.63. The van der Waals surface area contributed by atoms with Crippen LogP contribution < -0.4 is 0 Å². The first-order valence-corrected chi connectivity index (χ1v) is 4.01. The Morgan fingerprint density at radius 3 is 3.00 bits per heavy atom. The fraction of sp³-hybridized carbons (Fsp3) is 0.250. The Kier molecular flexibility index (Phi) is 1.54. The zero-order chi connectivity index (χ0) is 8.72. The molecule has 0 unspecified atom stereocenters. The lowest BCUT2D eigenvalue weighted by molar-refractivity contribution is 0.776. The number of hydrogen-bond acceptors (Lipinski definition) is 2. The quantitative estimate of drug-likeness (QED) is 0.582. The fourth-order valence-corrected chi connectivity index (χ4v) is 1.29. The Hall–Kier alpha value is -1.09. The van der Waals surface area contributed by atoms with Crippen LogP contribution in [0.2, 0.25) is 5.15 Å². The number of fused-ring (bicyclic) bond motifs is 1. The molecule has 0 saturated heterocycles. The van der Waals surface area contributed by atoms with Crippen molar-refractivity contribution in [3.8, 4) is 0 Å². The van der Waals surface area contributed by atoms with Crippen molar-refractivity contribution >= 4 is 22.6 Å². The first-order valence-electron chi connectivity index (χ1n) is 3.63. The first kappa shape index (κ1) is 7.55. The Morgan fingerprint density at radius 2 is 2.25 bits per heavy atom. The molecule has 0 fully saturated rings. The highest BCUT2D eigenvalue weighted by Gasteiger charge is 2.03. The van der Waals surface area contributed by atoms with E-state index in [9.17, 15) is 0 Å². The van der Waals surface area contributed by atoms with Crippen LogP contribution in [0.15, 0.2) is 12.3 Å². The van der Waals surface area contributed by atoms with Gasteiger partial charge in [-0.25, -0.2) is 4.98 Å². The third-order valence-electron chi connectivity index (χ3n) is 1.74. The molecule has 2 rings (SSSR count). The van der Waals surface area contributed by atoms with Crippen molar-refractivity contribution in [1.82, 2.24) is 14.8 Å². The van der Waals surface area contributed by atoms with E-state index in [0.29, 0.717) is 10.8 Å². The Morgan fingerprint density at radius 1 is 1.50 bits per heavy atom. The predicted octanol–water partition coefficient (Wildman–Crippen LogP) is 1.93. The highest BCUT2D eigenvalue weighted by Crippen LogP contribution is 2.17. The first-order chi connectivity index (χ1) is 5.66. The molecule has 12 heavy (non-hydrogen) atoms. The Bertz CT molecular complexity index is 394. The molecular weight excluding hydrogens is 174 g/mol. The van der Waals surface area contributed by atoms with Crippen molar-refractivity contribution in [2.45, 2.75) is 6.92 Å². The summed E-state index contributed by atoms with van der Waals surface area (Å²) >= 11 is 5.84. The van der Waals surface area contributed by atoms with Gasteiger partial charge in [0.25, 0.3) is 0 Å². The number of halogens is 1. The molecule has 0 aromatic carbocycles. The molecular formula is C8H8ClN3. The van der Waals surface area contributed by atoms with E-state index in [1.165, 1.54) is 0 Å². The van der Waals surface area contributed by atoms with Crippen molar-refractivity contribution in [2.75, 3.05) is 0 Å². The largest absolute Gasteiger partial charge is 0.273 e. The molecule has 0 aliphatic heterocycles. The lowest BCUT2D eigenvalue weighted by Gasteiger charge is -1.93. The zero-order valence-electron chi connectivity index (χ0n) is 6.87. The average molecular weight is 182 g/mol. The molecule has 0 N–H and O–H groups in total. The third-order valence-corrected chi connectivity index (χ3v) is 2.12. The van der Waals surface area contributed by atoms with Crippen LogP contribution in [-0.2, 0) is 7.05 Å². The smallest absolute Gasteiger partial charge is 0.182 e. The Labute approximate surface area is 75.0 Å². The molecule has 3 nitrogen and oxygen atoms in total. The van der Waals surface area contributed by atoms with Gasteiger partial charge in [-0.15, -0.1) is 0 Å². The highest BCUT2D eigenvalue weighted by atomic mass is 35.5. The summed E-state index contributed by atoms with van der Waals surface area (Å²) in [6.45, 7) is 1.93. The highest BCUT2D eigenvalue weighted by molar-refractivity contribution is 6.30. The van der Waals surface area contributed by atoms with Gasteiger partial charge in [0.2, 0.25) is 0 Å². The lowest BCUT2D eigenvalue weighted by Crippen LogP contribution is -1.86. The second-order valence-electron chi connectivity index (χ2n) is 2.81. The van der Waals surface area contributed by atoms with E-state index in [0.717, 1.165) is 10.9 Å². The van der Waals surface area contributed by atoms with Crippen molar-refractivity contribution in [2.24, 2.45) is 7.05 Å². The number of pyridine rings is 1. The molecule has 62 valence electrons. The van der Waals surface area contributed by atoms with Crippen molar-refractivity contribution < 1.29 is 0 Å². The monoisotopic (exact) mass is 181 g/mol. The van der Waals surface area contributed by atoms with Crippen LogP contribution in [0.5, 0.6) is 0 Å². The summed E-state index contributed by atoms with van der Waals surface area (Å²) in [5.41, 5.74) is 1.69. The van der Waals surface area contributed by atoms with Crippen LogP contribution in [0, 0.1) is 6.92 Å². The maximum atomic E-state index is 5.84. The molecule has 0 saturated carbocycles. The molecule has 0 atom stereocenters.